The molecule has 2 rings (SSSR count). The van der Waals surface area contributed by atoms with Gasteiger partial charge in [-0.1, -0.05) is 6.08 Å². The van der Waals surface area contributed by atoms with Gasteiger partial charge in [-0.3, -0.25) is 0 Å². The number of fused-ring (bicyclic) bond motifs is 1. The Morgan fingerprint density at radius 1 is 1.27 bits per heavy atom. The molecule has 2 fully saturated rings. The van der Waals surface area contributed by atoms with Gasteiger partial charge < -0.3 is 30.1 Å². The van der Waals surface area contributed by atoms with E-state index in [4.69, 9.17) is 4.74 Å². The van der Waals surface area contributed by atoms with Crippen LogP contribution >= 0.6 is 0 Å². The van der Waals surface area contributed by atoms with Gasteiger partial charge in [0.1, 0.15) is 5.60 Å². The summed E-state index contributed by atoms with van der Waals surface area (Å²) < 4.78 is 5.80. The number of ether oxygens (including phenoxy) is 1. The van der Waals surface area contributed by atoms with Gasteiger partial charge in [0.25, 0.3) is 0 Å². The largest absolute Gasteiger partial charge is 0.390 e. The van der Waals surface area contributed by atoms with Gasteiger partial charge in [-0.2, -0.15) is 0 Å². The van der Waals surface area contributed by atoms with Gasteiger partial charge in [-0.05, 0) is 26.3 Å². The molecular formula is C16H29NO5. The van der Waals surface area contributed by atoms with Crippen LogP contribution in [0.5, 0.6) is 0 Å². The Morgan fingerprint density at radius 3 is 2.64 bits per heavy atom. The van der Waals surface area contributed by atoms with Crippen LogP contribution in [-0.4, -0.2) is 81.6 Å². The lowest BCUT2D eigenvalue weighted by atomic mass is 9.71. The van der Waals surface area contributed by atoms with Crippen molar-refractivity contribution in [3.05, 3.63) is 12.7 Å². The molecule has 2 aliphatic carbocycles. The fourth-order valence-electron chi connectivity index (χ4n) is 3.75. The summed E-state index contributed by atoms with van der Waals surface area (Å²) in [5, 5.41) is 41.0. The van der Waals surface area contributed by atoms with Crippen molar-refractivity contribution >= 4 is 0 Å². The standard InChI is InChI=1S/C16H29NO5/c1-3-7-17(2)8-4-9-22-14-5-6-15(20)10-12(18)13(19)11-16(14,15)21/h3,12-14,18-21H,1,4-11H2,2H3. The van der Waals surface area contributed by atoms with Gasteiger partial charge in [0, 0.05) is 32.5 Å². The zero-order chi connectivity index (χ0) is 16.4. The first-order chi connectivity index (χ1) is 10.3. The number of hydrogen-bond acceptors (Lipinski definition) is 6. The molecule has 0 aromatic rings. The molecule has 2 saturated carbocycles. The molecule has 6 nitrogen and oxygen atoms in total. The zero-order valence-electron chi connectivity index (χ0n) is 13.3. The van der Waals surface area contributed by atoms with Crippen molar-refractivity contribution in [3.8, 4) is 0 Å². The second-order valence-corrected chi connectivity index (χ2v) is 6.80. The average molecular weight is 315 g/mol. The number of aliphatic hydroxyl groups is 4. The van der Waals surface area contributed by atoms with E-state index in [0.717, 1.165) is 19.5 Å². The van der Waals surface area contributed by atoms with Crippen LogP contribution in [0.2, 0.25) is 0 Å². The third-order valence-electron chi connectivity index (χ3n) is 5.11. The smallest absolute Gasteiger partial charge is 0.122 e. The molecule has 4 N–H and O–H groups in total. The maximum Gasteiger partial charge on any atom is 0.122 e. The summed E-state index contributed by atoms with van der Waals surface area (Å²) in [5.74, 6) is 0. The number of likely N-dealkylation sites (N-methyl/N-ethyl adjacent to an activating group) is 1. The van der Waals surface area contributed by atoms with E-state index < -0.39 is 29.5 Å². The Kier molecular flexibility index (Phi) is 5.63. The van der Waals surface area contributed by atoms with Gasteiger partial charge in [0.2, 0.25) is 0 Å². The Balaban J connectivity index is 1.86. The van der Waals surface area contributed by atoms with Crippen molar-refractivity contribution in [3.63, 3.8) is 0 Å². The predicted molar refractivity (Wildman–Crippen MR) is 82.4 cm³/mol. The molecule has 2 aliphatic rings. The molecule has 0 amide bonds. The van der Waals surface area contributed by atoms with Crippen LogP contribution in [0, 0.1) is 0 Å². The number of rotatable bonds is 7. The summed E-state index contributed by atoms with van der Waals surface area (Å²) in [6.45, 7) is 5.86. The van der Waals surface area contributed by atoms with Crippen molar-refractivity contribution in [2.24, 2.45) is 0 Å². The molecule has 0 spiro atoms. The van der Waals surface area contributed by atoms with Crippen molar-refractivity contribution in [1.29, 1.82) is 0 Å². The molecule has 0 radical (unpaired) electrons. The first-order valence-electron chi connectivity index (χ1n) is 8.04. The Labute approximate surface area is 132 Å². The molecule has 0 saturated heterocycles. The van der Waals surface area contributed by atoms with Crippen LogP contribution in [0.4, 0.5) is 0 Å². The highest BCUT2D eigenvalue weighted by Gasteiger charge is 2.63. The summed E-state index contributed by atoms with van der Waals surface area (Å²) in [6.07, 6.45) is 1.02. The lowest BCUT2D eigenvalue weighted by Crippen LogP contribution is -2.64. The third-order valence-corrected chi connectivity index (χ3v) is 5.11. The van der Waals surface area contributed by atoms with Crippen LogP contribution in [0.25, 0.3) is 0 Å². The number of hydrogen-bond donors (Lipinski definition) is 4. The van der Waals surface area contributed by atoms with Crippen LogP contribution in [0.15, 0.2) is 12.7 Å². The molecular weight excluding hydrogens is 286 g/mol. The topological polar surface area (TPSA) is 93.4 Å². The molecule has 22 heavy (non-hydrogen) atoms. The quantitative estimate of drug-likeness (QED) is 0.379. The third kappa shape index (κ3) is 3.37. The SMILES string of the molecule is C=CCN(C)CCCOC1CCC2(O)CC(O)C(O)CC12O. The van der Waals surface area contributed by atoms with E-state index in [1.165, 1.54) is 0 Å². The molecule has 0 aromatic carbocycles. The van der Waals surface area contributed by atoms with Crippen LogP contribution < -0.4 is 0 Å². The summed E-state index contributed by atoms with van der Waals surface area (Å²) in [6, 6.07) is 0. The monoisotopic (exact) mass is 315 g/mol. The van der Waals surface area contributed by atoms with Crippen molar-refractivity contribution in [2.45, 2.75) is 61.6 Å². The van der Waals surface area contributed by atoms with E-state index in [-0.39, 0.29) is 12.8 Å². The van der Waals surface area contributed by atoms with Crippen LogP contribution in [-0.2, 0) is 4.74 Å². The molecule has 5 atom stereocenters. The Bertz CT molecular complexity index is 393. The van der Waals surface area contributed by atoms with E-state index in [0.29, 0.717) is 19.4 Å². The Hall–Kier alpha value is -0.500. The number of aliphatic hydroxyl groups excluding tert-OH is 2. The second kappa shape index (κ2) is 6.95. The van der Waals surface area contributed by atoms with E-state index in [9.17, 15) is 20.4 Å². The minimum Gasteiger partial charge on any atom is -0.390 e. The van der Waals surface area contributed by atoms with Gasteiger partial charge in [-0.25, -0.2) is 0 Å². The van der Waals surface area contributed by atoms with Gasteiger partial charge >= 0.3 is 0 Å². The summed E-state index contributed by atoms with van der Waals surface area (Å²) >= 11 is 0. The van der Waals surface area contributed by atoms with Crippen molar-refractivity contribution in [2.75, 3.05) is 26.7 Å². The molecule has 0 heterocycles. The van der Waals surface area contributed by atoms with Crippen LogP contribution in [0.1, 0.15) is 32.1 Å². The maximum atomic E-state index is 10.8. The lowest BCUT2D eigenvalue weighted by Gasteiger charge is -2.48. The highest BCUT2D eigenvalue weighted by atomic mass is 16.5. The van der Waals surface area contributed by atoms with Gasteiger partial charge in [0.15, 0.2) is 0 Å². The summed E-state index contributed by atoms with van der Waals surface area (Å²) in [7, 11) is 2.00. The van der Waals surface area contributed by atoms with E-state index in [2.05, 4.69) is 11.5 Å². The minimum absolute atomic E-state index is 0.00734. The molecule has 0 aliphatic heterocycles. The fourth-order valence-corrected chi connectivity index (χ4v) is 3.75. The highest BCUT2D eigenvalue weighted by molar-refractivity contribution is 5.15. The molecule has 0 bridgehead atoms. The normalized spacial score (nSPS) is 41.6. The van der Waals surface area contributed by atoms with Crippen molar-refractivity contribution < 1.29 is 25.2 Å². The van der Waals surface area contributed by atoms with E-state index in [1.54, 1.807) is 0 Å². The fraction of sp³-hybridized carbons (Fsp3) is 0.875. The van der Waals surface area contributed by atoms with E-state index >= 15 is 0 Å². The summed E-state index contributed by atoms with van der Waals surface area (Å²) in [4.78, 5) is 2.12. The Morgan fingerprint density at radius 2 is 1.95 bits per heavy atom. The molecule has 5 unspecified atom stereocenters. The maximum absolute atomic E-state index is 10.8. The first-order valence-corrected chi connectivity index (χ1v) is 8.04. The zero-order valence-corrected chi connectivity index (χ0v) is 13.3. The second-order valence-electron chi connectivity index (χ2n) is 6.80. The number of nitrogens with zero attached hydrogens (tertiary/aromatic N) is 1. The lowest BCUT2D eigenvalue weighted by molar-refractivity contribution is -0.237. The molecule has 6 heteroatoms. The average Bonchev–Trinajstić information content (AvgIpc) is 2.68. The molecule has 0 aromatic heterocycles. The van der Waals surface area contributed by atoms with Gasteiger partial charge in [0.05, 0.1) is 23.9 Å². The van der Waals surface area contributed by atoms with Gasteiger partial charge in [-0.15, -0.1) is 6.58 Å². The van der Waals surface area contributed by atoms with Crippen LogP contribution in [0.3, 0.4) is 0 Å². The summed E-state index contributed by atoms with van der Waals surface area (Å²) in [5.41, 5.74) is -2.84. The minimum atomic E-state index is -1.47. The van der Waals surface area contributed by atoms with Crippen molar-refractivity contribution in [1.82, 2.24) is 4.90 Å². The first kappa shape index (κ1) is 17.8. The highest BCUT2D eigenvalue weighted by Crippen LogP contribution is 2.50. The predicted octanol–water partition coefficient (Wildman–Crippen LogP) is -0.349. The molecule has 128 valence electrons. The van der Waals surface area contributed by atoms with E-state index in [1.807, 2.05) is 13.1 Å².